The van der Waals surface area contributed by atoms with Crippen LogP contribution in [0.4, 0.5) is 0 Å². The summed E-state index contributed by atoms with van der Waals surface area (Å²) in [6.45, 7) is 12.7. The van der Waals surface area contributed by atoms with Gasteiger partial charge in [0, 0.05) is 79.5 Å². The van der Waals surface area contributed by atoms with E-state index in [9.17, 15) is 39.3 Å². The van der Waals surface area contributed by atoms with Gasteiger partial charge in [0.15, 0.2) is 5.78 Å². The van der Waals surface area contributed by atoms with E-state index >= 15 is 0 Å². The van der Waals surface area contributed by atoms with Crippen LogP contribution in [-0.4, -0.2) is 142 Å². The van der Waals surface area contributed by atoms with Crippen molar-refractivity contribution in [3.63, 3.8) is 0 Å². The van der Waals surface area contributed by atoms with Crippen LogP contribution >= 0.6 is 8.25 Å². The predicted molar refractivity (Wildman–Crippen MR) is 259 cm³/mol. The second-order valence-corrected chi connectivity index (χ2v) is 20.4. The summed E-state index contributed by atoms with van der Waals surface area (Å²) in [5, 5.41) is 33.8. The molecule has 0 radical (unpaired) electrons. The number of amides is 1. The Labute approximate surface area is 430 Å². The summed E-state index contributed by atoms with van der Waals surface area (Å²) in [4.78, 5) is 86.1. The van der Waals surface area contributed by atoms with Crippen LogP contribution in [0.1, 0.15) is 126 Å². The van der Waals surface area contributed by atoms with Crippen LogP contribution in [0.2, 0.25) is 0 Å². The molecule has 3 fully saturated rings. The number of ether oxygens (including phenoxy) is 5. The summed E-state index contributed by atoms with van der Waals surface area (Å²) in [6, 6.07) is -1.14. The van der Waals surface area contributed by atoms with Gasteiger partial charge in [-0.15, -0.1) is 0 Å². The number of aliphatic hydroxyl groups excluding tert-OH is 2. The Balaban J connectivity index is 0.00000323. The molecule has 2 saturated heterocycles. The van der Waals surface area contributed by atoms with Gasteiger partial charge in [-0.2, -0.15) is 0 Å². The zero-order chi connectivity index (χ0) is 51.7. The maximum atomic E-state index is 14.4. The minimum atomic E-state index is -3.13. The minimum Gasteiger partial charge on any atom is -0.460 e. The maximum absolute atomic E-state index is 14.4. The van der Waals surface area contributed by atoms with Crippen molar-refractivity contribution in [3.8, 4) is 0 Å². The molecule has 0 aromatic heterocycles. The van der Waals surface area contributed by atoms with Gasteiger partial charge < -0.3 is 53.7 Å². The third-order valence-electron chi connectivity index (χ3n) is 14.5. The number of piperidine rings is 1. The van der Waals surface area contributed by atoms with Crippen molar-refractivity contribution in [3.05, 3.63) is 47.6 Å². The number of hydrogen-bond acceptors (Lipinski definition) is 14. The van der Waals surface area contributed by atoms with Gasteiger partial charge in [0.1, 0.15) is 30.1 Å². The normalized spacial score (nSPS) is 38.0. The molecule has 5 N–H and O–H groups in total. The maximum Gasteiger partial charge on any atom is 0.329 e. The number of allylic oxidation sites excluding steroid dienone is 6. The van der Waals surface area contributed by atoms with Crippen LogP contribution in [0, 0.1) is 35.5 Å². The third kappa shape index (κ3) is 18.4. The van der Waals surface area contributed by atoms with Crippen LogP contribution in [0.15, 0.2) is 47.6 Å². The topological polar surface area (TPSA) is 253 Å². The van der Waals surface area contributed by atoms with E-state index in [0.717, 1.165) is 12.0 Å². The molecule has 1 saturated carbocycles. The standard InChI is InChI=1S/C51H79NO13.H3O3P.W/c1-30-16-12-11-13-17-31(2)42(61-8)28-38-21-19-36(7)51(60,65-38)48(57)49(58)52-23-15-14-18-39(52)50(59)64-43(33(4)26-37-20-22-40(53)44(27-37)62-9)29-41(54)32(3)25-35(6)46(56)47(63-10)45(55)34(5)24-30;1-4(2)3;/h11-13,16-17,25,30,32-34,36-40,42-44,46-47,53,56,60H,14-15,18-24,26-29H2,1-10H3;4H,(H2,1,2,3);/b13-11+,16-12+,31-17+,35-25+;;/t30-,32-,33-,34-,36-,37+,38+,39?,40-,42+,43+,44-,46-,47+,51-;;/m1../s1. The van der Waals surface area contributed by atoms with E-state index in [4.69, 9.17) is 38.0 Å². The van der Waals surface area contributed by atoms with Crippen LogP contribution in [0.25, 0.3) is 0 Å². The number of esters is 1. The SMILES string of the molecule is CO[C@H]1C[C@@H]2CC[C@@H](C)[C@@](O)(O2)C(=O)C(=O)N2CCCCC2C(=O)O[C@H]([C@H](C)C[C@@H]2CC[C@@H](O)[C@H](OC)C2)CC(=O)[C@H](C)/C=C(\C)[C@@H](O)[C@@H](OC)C(=O)[C@H](C)C[C@H](C)/C=C/C=C/C=C/1C.O=[PH](O)O.[W]. The Hall–Kier alpha value is -2.53. The Morgan fingerprint density at radius 1 is 0.857 bits per heavy atom. The molecule has 398 valence electrons. The molecule has 15 atom stereocenters. The first kappa shape index (κ1) is 63.6. The van der Waals surface area contributed by atoms with Gasteiger partial charge in [-0.25, -0.2) is 4.79 Å². The summed E-state index contributed by atoms with van der Waals surface area (Å²) in [5.74, 6) is -7.96. The van der Waals surface area contributed by atoms with Crippen molar-refractivity contribution in [2.75, 3.05) is 27.9 Å². The number of methoxy groups -OCH3 is 3. The number of cyclic esters (lactones) is 1. The first-order chi connectivity index (χ1) is 32.5. The summed E-state index contributed by atoms with van der Waals surface area (Å²) < 4.78 is 38.1. The number of ketones is 3. The molecule has 0 aromatic rings. The molecule has 4 aliphatic rings. The van der Waals surface area contributed by atoms with Gasteiger partial charge in [-0.1, -0.05) is 71.1 Å². The number of carbonyl (C=O) groups excluding carboxylic acids is 5. The second-order valence-electron chi connectivity index (χ2n) is 19.9. The van der Waals surface area contributed by atoms with Crippen molar-refractivity contribution >= 4 is 37.5 Å². The molecule has 1 unspecified atom stereocenters. The average Bonchev–Trinajstić information content (AvgIpc) is 3.30. The van der Waals surface area contributed by atoms with Gasteiger partial charge in [-0.3, -0.25) is 23.7 Å². The van der Waals surface area contributed by atoms with Crippen LogP contribution < -0.4 is 0 Å². The number of fused-ring (bicyclic) bond motifs is 3. The smallest absolute Gasteiger partial charge is 0.329 e. The molecular weight excluding hydrogens is 1100 g/mol. The Bertz CT molecular complexity index is 1870. The van der Waals surface area contributed by atoms with Crippen molar-refractivity contribution in [2.24, 2.45) is 35.5 Å². The molecule has 2 bridgehead atoms. The van der Waals surface area contributed by atoms with Crippen molar-refractivity contribution in [2.45, 2.75) is 180 Å². The number of aliphatic hydroxyl groups is 3. The summed E-state index contributed by atoms with van der Waals surface area (Å²) >= 11 is 0. The molecule has 1 amide bonds. The minimum absolute atomic E-state index is 0. The molecule has 1 aliphatic carbocycles. The van der Waals surface area contributed by atoms with E-state index in [0.29, 0.717) is 63.4 Å². The largest absolute Gasteiger partial charge is 0.460 e. The number of carbonyl (C=O) groups is 5. The Kier molecular flexibility index (Phi) is 27.8. The second kappa shape index (κ2) is 30.6. The zero-order valence-electron chi connectivity index (χ0n) is 42.8. The molecule has 19 heteroatoms. The van der Waals surface area contributed by atoms with Gasteiger partial charge in [0.25, 0.3) is 11.7 Å². The molecule has 17 nitrogen and oxygen atoms in total. The molecule has 4 rings (SSSR count). The van der Waals surface area contributed by atoms with E-state index < -0.39 is 92.1 Å². The average molecular weight is 1180 g/mol. The van der Waals surface area contributed by atoms with Crippen LogP contribution in [-0.2, 0) is 73.3 Å². The van der Waals surface area contributed by atoms with E-state index in [-0.39, 0.29) is 75.9 Å². The fourth-order valence-electron chi connectivity index (χ4n) is 10.1. The molecular formula is C51H82NO16PW. The molecule has 0 spiro atoms. The Morgan fingerprint density at radius 2 is 1.53 bits per heavy atom. The third-order valence-corrected chi connectivity index (χ3v) is 14.5. The number of Topliss-reactive ketones (excluding diaryl/α,β-unsaturated/α-hetero) is 3. The van der Waals surface area contributed by atoms with Gasteiger partial charge in [0.05, 0.1) is 24.4 Å². The van der Waals surface area contributed by atoms with Gasteiger partial charge in [-0.05, 0) is 107 Å². The first-order valence-corrected chi connectivity index (χ1v) is 25.9. The molecule has 0 aromatic carbocycles. The number of rotatable bonds is 6. The summed E-state index contributed by atoms with van der Waals surface area (Å²) in [5.41, 5.74) is 1.27. The number of hydrogen-bond donors (Lipinski definition) is 5. The fraction of sp³-hybridized carbons (Fsp3) is 0.745. The molecule has 3 aliphatic heterocycles. The Morgan fingerprint density at radius 3 is 2.16 bits per heavy atom. The molecule has 3 heterocycles. The van der Waals surface area contributed by atoms with Gasteiger partial charge in [0.2, 0.25) is 5.79 Å². The van der Waals surface area contributed by atoms with Gasteiger partial charge >= 0.3 is 14.2 Å². The number of nitrogens with zero attached hydrogens (tertiary/aromatic N) is 1. The summed E-state index contributed by atoms with van der Waals surface area (Å²) in [6.07, 6.45) is 11.2. The quantitative estimate of drug-likeness (QED) is 0.0948. The van der Waals surface area contributed by atoms with E-state index in [1.807, 2.05) is 58.1 Å². The summed E-state index contributed by atoms with van der Waals surface area (Å²) in [7, 11) is 1.39. The van der Waals surface area contributed by atoms with Crippen LogP contribution in [0.5, 0.6) is 0 Å². The predicted octanol–water partition coefficient (Wildman–Crippen LogP) is 5.54. The van der Waals surface area contributed by atoms with Crippen molar-refractivity contribution in [1.82, 2.24) is 4.90 Å². The van der Waals surface area contributed by atoms with Crippen LogP contribution in [0.3, 0.4) is 0 Å². The first-order valence-electron chi connectivity index (χ1n) is 24.6. The van der Waals surface area contributed by atoms with E-state index in [1.165, 1.54) is 12.0 Å². The van der Waals surface area contributed by atoms with Crippen molar-refractivity contribution < 1.29 is 98.4 Å². The van der Waals surface area contributed by atoms with E-state index in [1.54, 1.807) is 41.1 Å². The monoisotopic (exact) mass is 1180 g/mol. The van der Waals surface area contributed by atoms with E-state index in [2.05, 4.69) is 0 Å². The van der Waals surface area contributed by atoms with Crippen molar-refractivity contribution in [1.29, 1.82) is 0 Å². The fourth-order valence-corrected chi connectivity index (χ4v) is 10.1. The zero-order valence-corrected chi connectivity index (χ0v) is 46.8. The molecule has 70 heavy (non-hydrogen) atoms.